The molecule has 0 aliphatic rings. The van der Waals surface area contributed by atoms with Gasteiger partial charge in [-0.3, -0.25) is 4.79 Å². The van der Waals surface area contributed by atoms with E-state index in [1.807, 2.05) is 19.9 Å². The minimum Gasteiger partial charge on any atom is -0.508 e. The lowest BCUT2D eigenvalue weighted by molar-refractivity contribution is -0.143. The first kappa shape index (κ1) is 56.2. The zero-order valence-corrected chi connectivity index (χ0v) is 44.0. The third kappa shape index (κ3) is 14.9. The topological polar surface area (TPSA) is 96.2 Å². The SMILES string of the molecule is CCC(CC)(c1ccc(O)c(C)c1)c1ccc(CCC(O)C(C)(C)C)c(C)c1.CCOC(=O)CCCCCOc1ccc(C(CC)(CC)c2ccc(CCC(O)C(C)(C)C)c(C)c2)cc1C. The first-order chi connectivity index (χ1) is 31.0. The summed E-state index contributed by atoms with van der Waals surface area (Å²) in [4.78, 5) is 11.5. The summed E-state index contributed by atoms with van der Waals surface area (Å²) >= 11 is 0. The summed E-state index contributed by atoms with van der Waals surface area (Å²) in [6, 6.07) is 26.4. The molecule has 2 unspecified atom stereocenters. The summed E-state index contributed by atoms with van der Waals surface area (Å²) < 4.78 is 11.1. The first-order valence-electron chi connectivity index (χ1n) is 25.3. The fourth-order valence-corrected chi connectivity index (χ4v) is 9.49. The number of aliphatic hydroxyl groups excluding tert-OH is 2. The van der Waals surface area contributed by atoms with Gasteiger partial charge in [-0.25, -0.2) is 0 Å². The molecule has 0 heterocycles. The number of aliphatic hydroxyl groups is 2. The molecule has 0 saturated carbocycles. The smallest absolute Gasteiger partial charge is 0.305 e. The number of carbonyl (C=O) groups is 1. The molecule has 0 fully saturated rings. The van der Waals surface area contributed by atoms with Crippen molar-refractivity contribution in [1.82, 2.24) is 0 Å². The highest BCUT2D eigenvalue weighted by Gasteiger charge is 2.33. The molecule has 6 nitrogen and oxygen atoms in total. The van der Waals surface area contributed by atoms with Gasteiger partial charge in [0.2, 0.25) is 0 Å². The fraction of sp³-hybridized carbons (Fsp3) is 0.583. The summed E-state index contributed by atoms with van der Waals surface area (Å²) in [6.45, 7) is 33.0. The summed E-state index contributed by atoms with van der Waals surface area (Å²) in [5.41, 5.74) is 12.3. The van der Waals surface area contributed by atoms with E-state index in [-0.39, 0.29) is 39.8 Å². The minimum absolute atomic E-state index is 0.0489. The van der Waals surface area contributed by atoms with Crippen molar-refractivity contribution >= 4 is 5.97 Å². The number of esters is 1. The highest BCUT2D eigenvalue weighted by atomic mass is 16.5. The fourth-order valence-electron chi connectivity index (χ4n) is 9.49. The quantitative estimate of drug-likeness (QED) is 0.0537. The molecule has 6 heteroatoms. The Hall–Kier alpha value is -4.13. The largest absolute Gasteiger partial charge is 0.508 e. The number of aromatic hydroxyl groups is 1. The zero-order chi connectivity index (χ0) is 49.5. The average Bonchev–Trinajstić information content (AvgIpc) is 3.26. The lowest BCUT2D eigenvalue weighted by Gasteiger charge is -2.34. The van der Waals surface area contributed by atoms with E-state index in [1.165, 1.54) is 44.5 Å². The standard InChI is InChI=1S/C34H52O4.C26H38O2/c1-9-34(10-2,28-18-16-27(25(4)23-28)17-21-31(35)33(6,7)8)29-19-20-30(26(5)24-29)38-22-14-12-13-15-32(36)37-11-3;1-8-26(9-2,22-13-14-23(27)19(4)17-22)21-12-10-20(18(3)16-21)11-15-24(28)25(5,6)7/h16,18-20,23-24,31,35H,9-15,17,21-22H2,1-8H3;10,12-14,16-17,24,27-28H,8-9,11,15H2,1-7H3. The molecule has 0 amide bonds. The normalized spacial score (nSPS) is 13.2. The lowest BCUT2D eigenvalue weighted by Crippen LogP contribution is -2.27. The number of phenols is 1. The van der Waals surface area contributed by atoms with Gasteiger partial charge >= 0.3 is 5.97 Å². The Balaban J connectivity index is 0.000000367. The number of ether oxygens (including phenoxy) is 2. The Bertz CT molecular complexity index is 2110. The van der Waals surface area contributed by atoms with Gasteiger partial charge in [0, 0.05) is 17.3 Å². The molecule has 0 aliphatic carbocycles. The van der Waals surface area contributed by atoms with Crippen LogP contribution in [-0.4, -0.2) is 46.7 Å². The van der Waals surface area contributed by atoms with E-state index in [1.54, 1.807) is 0 Å². The zero-order valence-electron chi connectivity index (χ0n) is 44.0. The molecule has 0 aromatic heterocycles. The molecule has 366 valence electrons. The molecule has 4 aromatic rings. The van der Waals surface area contributed by atoms with Gasteiger partial charge < -0.3 is 24.8 Å². The second-order valence-corrected chi connectivity index (χ2v) is 21.1. The summed E-state index contributed by atoms with van der Waals surface area (Å²) in [5.74, 6) is 1.18. The molecule has 0 radical (unpaired) electrons. The Morgan fingerprint density at radius 3 is 1.33 bits per heavy atom. The molecule has 0 bridgehead atoms. The van der Waals surface area contributed by atoms with Crippen molar-refractivity contribution in [3.8, 4) is 11.5 Å². The number of hydrogen-bond donors (Lipinski definition) is 3. The maximum atomic E-state index is 11.5. The van der Waals surface area contributed by atoms with Crippen molar-refractivity contribution in [3.05, 3.63) is 128 Å². The van der Waals surface area contributed by atoms with Crippen molar-refractivity contribution in [2.75, 3.05) is 13.2 Å². The van der Waals surface area contributed by atoms with Crippen LogP contribution in [0.4, 0.5) is 0 Å². The van der Waals surface area contributed by atoms with E-state index in [2.05, 4.69) is 157 Å². The molecular formula is C60H90O6. The van der Waals surface area contributed by atoms with Gasteiger partial charge in [0.05, 0.1) is 25.4 Å². The van der Waals surface area contributed by atoms with E-state index in [0.29, 0.717) is 25.4 Å². The molecule has 4 aromatic carbocycles. The van der Waals surface area contributed by atoms with E-state index in [9.17, 15) is 20.1 Å². The van der Waals surface area contributed by atoms with Crippen molar-refractivity contribution in [1.29, 1.82) is 0 Å². The number of hydrogen-bond acceptors (Lipinski definition) is 6. The maximum Gasteiger partial charge on any atom is 0.305 e. The van der Waals surface area contributed by atoms with E-state index in [4.69, 9.17) is 9.47 Å². The Morgan fingerprint density at radius 1 is 0.545 bits per heavy atom. The van der Waals surface area contributed by atoms with Crippen LogP contribution in [0.1, 0.15) is 196 Å². The summed E-state index contributed by atoms with van der Waals surface area (Å²) in [6.07, 6.45) is 10.0. The van der Waals surface area contributed by atoms with E-state index < -0.39 is 0 Å². The lowest BCUT2D eigenvalue weighted by atomic mass is 9.69. The molecule has 4 rings (SSSR count). The summed E-state index contributed by atoms with van der Waals surface area (Å²) in [5, 5.41) is 30.8. The first-order valence-corrected chi connectivity index (χ1v) is 25.3. The Morgan fingerprint density at radius 2 is 0.955 bits per heavy atom. The van der Waals surface area contributed by atoms with Gasteiger partial charge in [0.15, 0.2) is 0 Å². The second kappa shape index (κ2) is 25.3. The van der Waals surface area contributed by atoms with Gasteiger partial charge in [-0.05, 0) is 184 Å². The van der Waals surface area contributed by atoms with Crippen LogP contribution in [0.5, 0.6) is 11.5 Å². The predicted octanol–water partition coefficient (Wildman–Crippen LogP) is 14.7. The molecule has 0 spiro atoms. The Labute approximate surface area is 402 Å². The van der Waals surface area contributed by atoms with Gasteiger partial charge in [-0.1, -0.05) is 130 Å². The van der Waals surface area contributed by atoms with Crippen LogP contribution >= 0.6 is 0 Å². The van der Waals surface area contributed by atoms with Gasteiger partial charge in [0.25, 0.3) is 0 Å². The molecule has 3 N–H and O–H groups in total. The number of carbonyl (C=O) groups excluding carboxylic acids is 1. The summed E-state index contributed by atoms with van der Waals surface area (Å²) in [7, 11) is 0. The number of unbranched alkanes of at least 4 members (excludes halogenated alkanes) is 2. The Kier molecular flexibility index (Phi) is 21.5. The van der Waals surface area contributed by atoms with Crippen LogP contribution in [0.15, 0.2) is 72.8 Å². The van der Waals surface area contributed by atoms with E-state index >= 15 is 0 Å². The van der Waals surface area contributed by atoms with Crippen molar-refractivity contribution in [3.63, 3.8) is 0 Å². The number of rotatable bonds is 22. The van der Waals surface area contributed by atoms with E-state index in [0.717, 1.165) is 87.5 Å². The molecule has 0 aliphatic heterocycles. The van der Waals surface area contributed by atoms with Crippen molar-refractivity contribution in [2.45, 2.75) is 204 Å². The highest BCUT2D eigenvalue weighted by molar-refractivity contribution is 5.69. The molecular weight excluding hydrogens is 817 g/mol. The monoisotopic (exact) mass is 907 g/mol. The number of phenolic OH excluding ortho intramolecular Hbond substituents is 1. The second-order valence-electron chi connectivity index (χ2n) is 21.1. The van der Waals surface area contributed by atoms with Gasteiger partial charge in [-0.2, -0.15) is 0 Å². The van der Waals surface area contributed by atoms with Crippen LogP contribution < -0.4 is 4.74 Å². The average molecular weight is 907 g/mol. The van der Waals surface area contributed by atoms with Crippen LogP contribution in [0.3, 0.4) is 0 Å². The van der Waals surface area contributed by atoms with Crippen LogP contribution in [0, 0.1) is 38.5 Å². The molecule has 0 saturated heterocycles. The van der Waals surface area contributed by atoms with Crippen LogP contribution in [0.25, 0.3) is 0 Å². The minimum atomic E-state index is -0.305. The highest BCUT2D eigenvalue weighted by Crippen LogP contribution is 2.43. The predicted molar refractivity (Wildman–Crippen MR) is 277 cm³/mol. The van der Waals surface area contributed by atoms with Crippen molar-refractivity contribution < 1.29 is 29.6 Å². The van der Waals surface area contributed by atoms with Crippen molar-refractivity contribution in [2.24, 2.45) is 10.8 Å². The van der Waals surface area contributed by atoms with Gasteiger partial charge in [-0.15, -0.1) is 0 Å². The third-order valence-corrected chi connectivity index (χ3v) is 14.6. The van der Waals surface area contributed by atoms with Gasteiger partial charge in [0.1, 0.15) is 11.5 Å². The molecule has 2 atom stereocenters. The third-order valence-electron chi connectivity index (χ3n) is 14.6. The van der Waals surface area contributed by atoms with Crippen LogP contribution in [0.2, 0.25) is 0 Å². The maximum absolute atomic E-state index is 11.5. The number of benzene rings is 4. The molecule has 66 heavy (non-hydrogen) atoms. The van der Waals surface area contributed by atoms with Crippen LogP contribution in [-0.2, 0) is 33.2 Å². The number of aryl methyl sites for hydroxylation is 6.